The number of hydrogen-bond acceptors (Lipinski definition) is 3. The summed E-state index contributed by atoms with van der Waals surface area (Å²) in [5.41, 5.74) is 4.20. The minimum atomic E-state index is -0.335. The van der Waals surface area contributed by atoms with E-state index in [0.29, 0.717) is 6.54 Å². The van der Waals surface area contributed by atoms with Crippen molar-refractivity contribution in [1.29, 1.82) is 0 Å². The van der Waals surface area contributed by atoms with Crippen molar-refractivity contribution in [1.82, 2.24) is 0 Å². The summed E-state index contributed by atoms with van der Waals surface area (Å²) in [5, 5.41) is 14.2. The highest BCUT2D eigenvalue weighted by Gasteiger charge is 2.12. The molecular formula is C17H20N2O2. The number of nitro groups is 1. The number of benzene rings is 2. The van der Waals surface area contributed by atoms with Crippen molar-refractivity contribution in [3.8, 4) is 0 Å². The number of hydrogen-bond donors (Lipinski definition) is 1. The van der Waals surface area contributed by atoms with Crippen molar-refractivity contribution in [2.24, 2.45) is 0 Å². The van der Waals surface area contributed by atoms with Gasteiger partial charge >= 0.3 is 0 Å². The van der Waals surface area contributed by atoms with Crippen LogP contribution in [-0.2, 0) is 13.0 Å². The van der Waals surface area contributed by atoms with Gasteiger partial charge in [-0.25, -0.2) is 0 Å². The van der Waals surface area contributed by atoms with Crippen molar-refractivity contribution in [3.63, 3.8) is 0 Å². The Labute approximate surface area is 125 Å². The topological polar surface area (TPSA) is 55.2 Å². The lowest BCUT2D eigenvalue weighted by Gasteiger charge is -2.10. The Balaban J connectivity index is 2.06. The van der Waals surface area contributed by atoms with Crippen LogP contribution in [-0.4, -0.2) is 4.92 Å². The average molecular weight is 284 g/mol. The molecule has 0 spiro atoms. The van der Waals surface area contributed by atoms with Gasteiger partial charge in [-0.15, -0.1) is 0 Å². The van der Waals surface area contributed by atoms with E-state index >= 15 is 0 Å². The number of nitro benzene ring substituents is 1. The number of nitrogens with zero attached hydrogens (tertiary/aromatic N) is 1. The summed E-state index contributed by atoms with van der Waals surface area (Å²) < 4.78 is 0. The molecule has 4 nitrogen and oxygen atoms in total. The van der Waals surface area contributed by atoms with Crippen LogP contribution in [0.25, 0.3) is 0 Å². The van der Waals surface area contributed by atoms with Crippen LogP contribution in [0.3, 0.4) is 0 Å². The van der Waals surface area contributed by atoms with Gasteiger partial charge in [0.05, 0.1) is 4.92 Å². The average Bonchev–Trinajstić information content (AvgIpc) is 2.48. The van der Waals surface area contributed by atoms with E-state index in [-0.39, 0.29) is 10.6 Å². The normalized spacial score (nSPS) is 10.4. The molecule has 0 aromatic heterocycles. The van der Waals surface area contributed by atoms with Gasteiger partial charge in [0, 0.05) is 23.9 Å². The largest absolute Gasteiger partial charge is 0.381 e. The molecule has 1 N–H and O–H groups in total. The van der Waals surface area contributed by atoms with Crippen molar-refractivity contribution >= 4 is 11.4 Å². The molecule has 0 unspecified atom stereocenters. The maximum Gasteiger partial charge on any atom is 0.272 e. The van der Waals surface area contributed by atoms with E-state index in [1.165, 1.54) is 5.56 Å². The molecule has 0 bridgehead atoms. The van der Waals surface area contributed by atoms with E-state index in [4.69, 9.17) is 0 Å². The van der Waals surface area contributed by atoms with Crippen molar-refractivity contribution in [3.05, 3.63) is 69.3 Å². The summed E-state index contributed by atoms with van der Waals surface area (Å²) in [7, 11) is 0. The molecule has 0 amide bonds. The molecule has 0 saturated heterocycles. The van der Waals surface area contributed by atoms with Crippen molar-refractivity contribution in [2.45, 2.75) is 33.2 Å². The zero-order chi connectivity index (χ0) is 15.2. The molecule has 0 aliphatic carbocycles. The third kappa shape index (κ3) is 3.81. The summed E-state index contributed by atoms with van der Waals surface area (Å²) in [6, 6.07) is 13.5. The maximum atomic E-state index is 10.9. The summed E-state index contributed by atoms with van der Waals surface area (Å²) in [6.07, 6.45) is 2.23. The molecule has 21 heavy (non-hydrogen) atoms. The van der Waals surface area contributed by atoms with E-state index in [2.05, 4.69) is 36.5 Å². The number of rotatable bonds is 6. The second-order valence-corrected chi connectivity index (χ2v) is 5.12. The van der Waals surface area contributed by atoms with Crippen molar-refractivity contribution < 1.29 is 4.92 Å². The lowest BCUT2D eigenvalue weighted by molar-refractivity contribution is -0.385. The van der Waals surface area contributed by atoms with E-state index in [9.17, 15) is 10.1 Å². The van der Waals surface area contributed by atoms with Crippen LogP contribution in [0.5, 0.6) is 0 Å². The van der Waals surface area contributed by atoms with Gasteiger partial charge in [0.25, 0.3) is 5.69 Å². The SMILES string of the molecule is CCCc1ccc(NCc2cccc([N+](=O)[O-])c2C)cc1. The molecule has 0 radical (unpaired) electrons. The van der Waals surface area contributed by atoms with Gasteiger partial charge in [-0.05, 0) is 36.6 Å². The highest BCUT2D eigenvalue weighted by Crippen LogP contribution is 2.22. The standard InChI is InChI=1S/C17H20N2O2/c1-3-5-14-8-10-16(11-9-14)18-12-15-6-4-7-17(13(15)2)19(20)21/h4,6-11,18H,3,5,12H2,1-2H3. The monoisotopic (exact) mass is 284 g/mol. The fourth-order valence-corrected chi connectivity index (χ4v) is 2.33. The summed E-state index contributed by atoms with van der Waals surface area (Å²) in [5.74, 6) is 0. The highest BCUT2D eigenvalue weighted by atomic mass is 16.6. The van der Waals surface area contributed by atoms with Gasteiger partial charge < -0.3 is 5.32 Å². The highest BCUT2D eigenvalue weighted by molar-refractivity contribution is 5.49. The Kier molecular flexibility index (Phi) is 4.93. The van der Waals surface area contributed by atoms with E-state index in [1.807, 2.05) is 6.07 Å². The summed E-state index contributed by atoms with van der Waals surface area (Å²) in [6.45, 7) is 4.54. The Bertz CT molecular complexity index is 621. The smallest absolute Gasteiger partial charge is 0.272 e. The summed E-state index contributed by atoms with van der Waals surface area (Å²) >= 11 is 0. The molecule has 110 valence electrons. The quantitative estimate of drug-likeness (QED) is 0.629. The van der Waals surface area contributed by atoms with Gasteiger partial charge in [-0.1, -0.05) is 37.6 Å². The molecule has 2 rings (SSSR count). The van der Waals surface area contributed by atoms with Gasteiger partial charge in [0.1, 0.15) is 0 Å². The van der Waals surface area contributed by atoms with E-state index < -0.39 is 0 Å². The van der Waals surface area contributed by atoms with Crippen molar-refractivity contribution in [2.75, 3.05) is 5.32 Å². The predicted octanol–water partition coefficient (Wildman–Crippen LogP) is 4.47. The molecule has 0 fully saturated rings. The Morgan fingerprint density at radius 3 is 2.48 bits per heavy atom. The molecule has 0 aliphatic rings. The van der Waals surface area contributed by atoms with Crippen LogP contribution in [0.15, 0.2) is 42.5 Å². The lowest BCUT2D eigenvalue weighted by Crippen LogP contribution is -2.03. The molecular weight excluding hydrogens is 264 g/mol. The van der Waals surface area contributed by atoms with E-state index in [0.717, 1.165) is 29.7 Å². The van der Waals surface area contributed by atoms with Gasteiger partial charge in [-0.2, -0.15) is 0 Å². The van der Waals surface area contributed by atoms with Gasteiger partial charge in [0.15, 0.2) is 0 Å². The minimum Gasteiger partial charge on any atom is -0.381 e. The number of aryl methyl sites for hydroxylation is 1. The van der Waals surface area contributed by atoms with Crippen LogP contribution in [0.4, 0.5) is 11.4 Å². The zero-order valence-corrected chi connectivity index (χ0v) is 12.4. The first kappa shape index (κ1) is 15.0. The van der Waals surface area contributed by atoms with Gasteiger partial charge in [-0.3, -0.25) is 10.1 Å². The molecule has 4 heteroatoms. The first-order valence-electron chi connectivity index (χ1n) is 7.17. The fourth-order valence-electron chi connectivity index (χ4n) is 2.33. The number of nitrogens with one attached hydrogen (secondary N) is 1. The molecule has 0 saturated carbocycles. The third-order valence-corrected chi connectivity index (χ3v) is 3.59. The first-order valence-corrected chi connectivity index (χ1v) is 7.17. The van der Waals surface area contributed by atoms with Crippen LogP contribution in [0, 0.1) is 17.0 Å². The molecule has 2 aromatic carbocycles. The first-order chi connectivity index (χ1) is 10.1. The Hall–Kier alpha value is -2.36. The lowest BCUT2D eigenvalue weighted by atomic mass is 10.1. The van der Waals surface area contributed by atoms with Gasteiger partial charge in [0.2, 0.25) is 0 Å². The van der Waals surface area contributed by atoms with Crippen LogP contribution < -0.4 is 5.32 Å². The van der Waals surface area contributed by atoms with Crippen LogP contribution in [0.2, 0.25) is 0 Å². The van der Waals surface area contributed by atoms with Crippen LogP contribution >= 0.6 is 0 Å². The second kappa shape index (κ2) is 6.88. The third-order valence-electron chi connectivity index (χ3n) is 3.59. The number of anilines is 1. The molecule has 0 heterocycles. The zero-order valence-electron chi connectivity index (χ0n) is 12.4. The van der Waals surface area contributed by atoms with Crippen LogP contribution in [0.1, 0.15) is 30.0 Å². The Morgan fingerprint density at radius 2 is 1.86 bits per heavy atom. The Morgan fingerprint density at radius 1 is 1.14 bits per heavy atom. The summed E-state index contributed by atoms with van der Waals surface area (Å²) in [4.78, 5) is 10.6. The van der Waals surface area contributed by atoms with E-state index in [1.54, 1.807) is 19.1 Å². The molecule has 0 atom stereocenters. The predicted molar refractivity (Wildman–Crippen MR) is 85.6 cm³/mol. The molecule has 2 aromatic rings. The minimum absolute atomic E-state index is 0.174. The maximum absolute atomic E-state index is 10.9. The fraction of sp³-hybridized carbons (Fsp3) is 0.294. The second-order valence-electron chi connectivity index (χ2n) is 5.12. The molecule has 0 aliphatic heterocycles.